The van der Waals surface area contributed by atoms with Crippen LogP contribution in [0.3, 0.4) is 0 Å². The van der Waals surface area contributed by atoms with Crippen LogP contribution in [-0.4, -0.2) is 46.1 Å². The number of rotatable bonds is 7. The van der Waals surface area contributed by atoms with Gasteiger partial charge in [-0.25, -0.2) is 0 Å². The van der Waals surface area contributed by atoms with Crippen LogP contribution in [0.4, 0.5) is 0 Å². The summed E-state index contributed by atoms with van der Waals surface area (Å²) in [5.41, 5.74) is 0. The van der Waals surface area contributed by atoms with E-state index in [0.29, 0.717) is 24.9 Å². The number of carboxylic acid groups (broad SMARTS) is 1. The average molecular weight is 284 g/mol. The van der Waals surface area contributed by atoms with E-state index in [1.165, 1.54) is 0 Å². The highest BCUT2D eigenvalue weighted by atomic mass is 16.4. The molecule has 2 N–H and O–H groups in total. The van der Waals surface area contributed by atoms with Gasteiger partial charge in [0.1, 0.15) is 0 Å². The molecule has 1 amide bonds. The normalized spacial score (nSPS) is 26.2. The van der Waals surface area contributed by atoms with Gasteiger partial charge in [-0.05, 0) is 53.4 Å². The number of nitrogens with one attached hydrogen (secondary N) is 1. The first-order valence-corrected chi connectivity index (χ1v) is 7.62. The molecule has 20 heavy (non-hydrogen) atoms. The number of carboxylic acids is 1. The summed E-state index contributed by atoms with van der Waals surface area (Å²) in [6, 6.07) is 0.808. The molecule has 1 fully saturated rings. The summed E-state index contributed by atoms with van der Waals surface area (Å²) < 4.78 is 0. The SMILES string of the molecule is CC(CCCC(=O)O)NC(=O)C(C)N1C(C)CCC1C. The molecule has 1 saturated heterocycles. The lowest BCUT2D eigenvalue weighted by Crippen LogP contribution is -2.50. The number of carbonyl (C=O) groups is 2. The molecule has 4 atom stereocenters. The van der Waals surface area contributed by atoms with Crippen molar-refractivity contribution in [2.45, 2.75) is 84.0 Å². The molecule has 0 aromatic rings. The molecule has 116 valence electrons. The first-order chi connectivity index (χ1) is 9.32. The molecular formula is C15H28N2O3. The minimum Gasteiger partial charge on any atom is -0.481 e. The average Bonchev–Trinajstić information content (AvgIpc) is 2.67. The fourth-order valence-corrected chi connectivity index (χ4v) is 3.11. The van der Waals surface area contributed by atoms with Gasteiger partial charge in [0.05, 0.1) is 6.04 Å². The fourth-order valence-electron chi connectivity index (χ4n) is 3.11. The topological polar surface area (TPSA) is 69.6 Å². The van der Waals surface area contributed by atoms with Crippen molar-refractivity contribution < 1.29 is 14.7 Å². The smallest absolute Gasteiger partial charge is 0.303 e. The maximum Gasteiger partial charge on any atom is 0.303 e. The molecule has 0 spiro atoms. The summed E-state index contributed by atoms with van der Waals surface area (Å²) >= 11 is 0. The Morgan fingerprint density at radius 1 is 1.25 bits per heavy atom. The Morgan fingerprint density at radius 3 is 2.30 bits per heavy atom. The quantitative estimate of drug-likeness (QED) is 0.750. The lowest BCUT2D eigenvalue weighted by Gasteiger charge is -2.32. The van der Waals surface area contributed by atoms with Crippen LogP contribution in [0.1, 0.15) is 59.8 Å². The molecule has 5 heteroatoms. The second-order valence-corrected chi connectivity index (χ2v) is 6.09. The van der Waals surface area contributed by atoms with Crippen LogP contribution in [0.15, 0.2) is 0 Å². The zero-order valence-corrected chi connectivity index (χ0v) is 13.1. The highest BCUT2D eigenvalue weighted by Crippen LogP contribution is 2.25. The van der Waals surface area contributed by atoms with Gasteiger partial charge in [-0.2, -0.15) is 0 Å². The molecular weight excluding hydrogens is 256 g/mol. The van der Waals surface area contributed by atoms with E-state index in [1.807, 2.05) is 13.8 Å². The molecule has 1 rings (SSSR count). The van der Waals surface area contributed by atoms with Gasteiger partial charge in [-0.1, -0.05) is 0 Å². The maximum absolute atomic E-state index is 12.3. The predicted molar refractivity (Wildman–Crippen MR) is 78.6 cm³/mol. The third-order valence-electron chi connectivity index (χ3n) is 4.26. The Balaban J connectivity index is 2.39. The Morgan fingerprint density at radius 2 is 1.80 bits per heavy atom. The number of hydrogen-bond donors (Lipinski definition) is 2. The van der Waals surface area contributed by atoms with Crippen molar-refractivity contribution >= 4 is 11.9 Å². The van der Waals surface area contributed by atoms with E-state index in [9.17, 15) is 9.59 Å². The van der Waals surface area contributed by atoms with Crippen LogP contribution in [0.5, 0.6) is 0 Å². The van der Waals surface area contributed by atoms with Gasteiger partial charge in [-0.3, -0.25) is 14.5 Å². The van der Waals surface area contributed by atoms with Gasteiger partial charge in [0.15, 0.2) is 0 Å². The third kappa shape index (κ3) is 4.78. The predicted octanol–water partition coefficient (Wildman–Crippen LogP) is 2.01. The zero-order chi connectivity index (χ0) is 15.3. The molecule has 0 aromatic heterocycles. The summed E-state index contributed by atoms with van der Waals surface area (Å²) in [4.78, 5) is 25.0. The van der Waals surface area contributed by atoms with Crippen molar-refractivity contribution in [3.05, 3.63) is 0 Å². The van der Waals surface area contributed by atoms with E-state index in [2.05, 4.69) is 24.1 Å². The molecule has 4 unspecified atom stereocenters. The molecule has 1 aliphatic rings. The number of hydrogen-bond acceptors (Lipinski definition) is 3. The monoisotopic (exact) mass is 284 g/mol. The largest absolute Gasteiger partial charge is 0.481 e. The molecule has 0 aliphatic carbocycles. The Hall–Kier alpha value is -1.10. The third-order valence-corrected chi connectivity index (χ3v) is 4.26. The van der Waals surface area contributed by atoms with Crippen LogP contribution in [0.25, 0.3) is 0 Å². The molecule has 0 aromatic carbocycles. The van der Waals surface area contributed by atoms with Crippen molar-refractivity contribution in [3.63, 3.8) is 0 Å². The Kier molecular flexibility index (Phi) is 6.46. The number of nitrogens with zero attached hydrogens (tertiary/aromatic N) is 1. The van der Waals surface area contributed by atoms with Crippen molar-refractivity contribution in [1.29, 1.82) is 0 Å². The summed E-state index contributed by atoms with van der Waals surface area (Å²) in [5.74, 6) is -0.731. The van der Waals surface area contributed by atoms with Crippen molar-refractivity contribution in [2.24, 2.45) is 0 Å². The molecule has 0 saturated carbocycles. The van der Waals surface area contributed by atoms with Crippen LogP contribution in [0, 0.1) is 0 Å². The highest BCUT2D eigenvalue weighted by molar-refractivity contribution is 5.81. The Bertz CT molecular complexity index is 336. The van der Waals surface area contributed by atoms with Crippen LogP contribution < -0.4 is 5.32 Å². The first kappa shape index (κ1) is 17.0. The summed E-state index contributed by atoms with van der Waals surface area (Å²) in [5, 5.41) is 11.6. The van der Waals surface area contributed by atoms with E-state index in [4.69, 9.17) is 5.11 Å². The minimum atomic E-state index is -0.781. The second kappa shape index (κ2) is 7.62. The molecule has 5 nitrogen and oxygen atoms in total. The van der Waals surface area contributed by atoms with E-state index in [0.717, 1.165) is 12.8 Å². The van der Waals surface area contributed by atoms with Gasteiger partial charge in [-0.15, -0.1) is 0 Å². The fraction of sp³-hybridized carbons (Fsp3) is 0.867. The van der Waals surface area contributed by atoms with Crippen molar-refractivity contribution in [2.75, 3.05) is 0 Å². The van der Waals surface area contributed by atoms with Crippen LogP contribution in [0.2, 0.25) is 0 Å². The van der Waals surface area contributed by atoms with Crippen LogP contribution in [-0.2, 0) is 9.59 Å². The molecule has 1 heterocycles. The standard InChI is InChI=1S/C15H28N2O3/c1-10(6-5-7-14(18)19)16-15(20)13(4)17-11(2)8-9-12(17)3/h10-13H,5-9H2,1-4H3,(H,16,20)(H,18,19). The Labute approximate surface area is 121 Å². The lowest BCUT2D eigenvalue weighted by molar-refractivity contribution is -0.137. The van der Waals surface area contributed by atoms with Gasteiger partial charge in [0.2, 0.25) is 5.91 Å². The van der Waals surface area contributed by atoms with Gasteiger partial charge >= 0.3 is 5.97 Å². The summed E-state index contributed by atoms with van der Waals surface area (Å²) in [6.07, 6.45) is 3.76. The van der Waals surface area contributed by atoms with E-state index in [1.54, 1.807) is 0 Å². The van der Waals surface area contributed by atoms with Gasteiger partial charge in [0.25, 0.3) is 0 Å². The molecule has 1 aliphatic heterocycles. The number of aliphatic carboxylic acids is 1. The summed E-state index contributed by atoms with van der Waals surface area (Å²) in [6.45, 7) is 8.23. The van der Waals surface area contributed by atoms with E-state index >= 15 is 0 Å². The maximum atomic E-state index is 12.3. The van der Waals surface area contributed by atoms with Crippen LogP contribution >= 0.6 is 0 Å². The second-order valence-electron chi connectivity index (χ2n) is 6.09. The summed E-state index contributed by atoms with van der Waals surface area (Å²) in [7, 11) is 0. The van der Waals surface area contributed by atoms with Crippen molar-refractivity contribution in [3.8, 4) is 0 Å². The number of carbonyl (C=O) groups excluding carboxylic acids is 1. The minimum absolute atomic E-state index is 0.0255. The number of amides is 1. The van der Waals surface area contributed by atoms with E-state index in [-0.39, 0.29) is 24.4 Å². The van der Waals surface area contributed by atoms with Gasteiger partial charge in [0, 0.05) is 24.5 Å². The first-order valence-electron chi connectivity index (χ1n) is 7.62. The molecule has 0 bridgehead atoms. The van der Waals surface area contributed by atoms with E-state index < -0.39 is 5.97 Å². The lowest BCUT2D eigenvalue weighted by atomic mass is 10.1. The molecule has 0 radical (unpaired) electrons. The highest BCUT2D eigenvalue weighted by Gasteiger charge is 2.34. The van der Waals surface area contributed by atoms with Gasteiger partial charge < -0.3 is 10.4 Å². The zero-order valence-electron chi connectivity index (χ0n) is 13.1. The number of likely N-dealkylation sites (tertiary alicyclic amines) is 1. The van der Waals surface area contributed by atoms with Crippen molar-refractivity contribution in [1.82, 2.24) is 10.2 Å².